The van der Waals surface area contributed by atoms with Gasteiger partial charge < -0.3 is 10.2 Å². The Morgan fingerprint density at radius 3 is 2.22 bits per heavy atom. The van der Waals surface area contributed by atoms with Gasteiger partial charge in [-0.2, -0.15) is 0 Å². The van der Waals surface area contributed by atoms with Crippen molar-refractivity contribution in [3.63, 3.8) is 0 Å². The number of hydrogen-bond acceptors (Lipinski definition) is 2. The van der Waals surface area contributed by atoms with Crippen molar-refractivity contribution in [2.75, 3.05) is 25.5 Å². The van der Waals surface area contributed by atoms with Gasteiger partial charge in [0.2, 0.25) is 5.91 Å². The van der Waals surface area contributed by atoms with Gasteiger partial charge in [0.25, 0.3) is 0 Å². The Morgan fingerprint density at radius 2 is 1.83 bits per heavy atom. The van der Waals surface area contributed by atoms with Crippen LogP contribution in [0.3, 0.4) is 0 Å². The van der Waals surface area contributed by atoms with Gasteiger partial charge in [0.05, 0.1) is 0 Å². The molecule has 1 aliphatic rings. The molecule has 98 valence electrons. The molecule has 1 amide bonds. The van der Waals surface area contributed by atoms with Crippen LogP contribution < -0.4 is 10.2 Å². The van der Waals surface area contributed by atoms with Gasteiger partial charge in [-0.3, -0.25) is 4.79 Å². The van der Waals surface area contributed by atoms with Crippen LogP contribution in [0.1, 0.15) is 18.4 Å². The monoisotopic (exact) mass is 254 g/mol. The van der Waals surface area contributed by atoms with Crippen LogP contribution in [0.15, 0.2) is 12.1 Å². The van der Waals surface area contributed by atoms with Gasteiger partial charge >= 0.3 is 0 Å². The molecule has 3 nitrogen and oxygen atoms in total. The molecule has 5 heteroatoms. The quantitative estimate of drug-likeness (QED) is 0.874. The Kier molecular flexibility index (Phi) is 3.24. The van der Waals surface area contributed by atoms with E-state index >= 15 is 0 Å². The maximum atomic E-state index is 14.0. The topological polar surface area (TPSA) is 32.3 Å². The van der Waals surface area contributed by atoms with E-state index in [0.29, 0.717) is 5.69 Å². The molecule has 2 atom stereocenters. The van der Waals surface area contributed by atoms with E-state index in [2.05, 4.69) is 5.32 Å². The van der Waals surface area contributed by atoms with Gasteiger partial charge in [0.15, 0.2) is 0 Å². The Bertz CT molecular complexity index is 465. The third-order valence-electron chi connectivity index (χ3n) is 3.46. The van der Waals surface area contributed by atoms with E-state index in [-0.39, 0.29) is 18.0 Å². The maximum absolute atomic E-state index is 14.0. The largest absolute Gasteiger partial charge is 0.377 e. The summed E-state index contributed by atoms with van der Waals surface area (Å²) in [5, 5.41) is 2.63. The van der Waals surface area contributed by atoms with Crippen molar-refractivity contribution >= 4 is 11.6 Å². The molecule has 1 aromatic carbocycles. The average molecular weight is 254 g/mol. The summed E-state index contributed by atoms with van der Waals surface area (Å²) in [6.45, 7) is 1.97. The fourth-order valence-electron chi connectivity index (χ4n) is 2.27. The molecule has 0 aromatic heterocycles. The summed E-state index contributed by atoms with van der Waals surface area (Å²) in [4.78, 5) is 13.0. The summed E-state index contributed by atoms with van der Waals surface area (Å²) in [6.07, 6.45) is 0. The van der Waals surface area contributed by atoms with Gasteiger partial charge in [0, 0.05) is 43.7 Å². The van der Waals surface area contributed by atoms with Gasteiger partial charge in [-0.25, -0.2) is 8.78 Å². The first-order valence-electron chi connectivity index (χ1n) is 5.85. The molecule has 0 spiro atoms. The van der Waals surface area contributed by atoms with Crippen LogP contribution in [0.4, 0.5) is 14.5 Å². The second kappa shape index (κ2) is 4.55. The second-order valence-electron chi connectivity index (χ2n) is 4.86. The van der Waals surface area contributed by atoms with E-state index < -0.39 is 23.5 Å². The lowest BCUT2D eigenvalue weighted by atomic mass is 9.89. The third-order valence-corrected chi connectivity index (χ3v) is 3.46. The predicted molar refractivity (Wildman–Crippen MR) is 65.6 cm³/mol. The van der Waals surface area contributed by atoms with E-state index in [0.717, 1.165) is 0 Å². The Morgan fingerprint density at radius 1 is 1.28 bits per heavy atom. The third kappa shape index (κ3) is 2.05. The van der Waals surface area contributed by atoms with E-state index in [9.17, 15) is 13.6 Å². The minimum atomic E-state index is -0.591. The maximum Gasteiger partial charge on any atom is 0.223 e. The molecule has 2 rings (SSSR count). The van der Waals surface area contributed by atoms with Crippen molar-refractivity contribution in [1.82, 2.24) is 5.32 Å². The zero-order valence-corrected chi connectivity index (χ0v) is 10.6. The number of anilines is 1. The smallest absolute Gasteiger partial charge is 0.223 e. The Balaban J connectivity index is 2.43. The van der Waals surface area contributed by atoms with E-state index in [1.165, 1.54) is 12.1 Å². The highest BCUT2D eigenvalue weighted by Gasteiger charge is 2.35. The zero-order chi connectivity index (χ0) is 13.4. The van der Waals surface area contributed by atoms with Crippen LogP contribution in [0, 0.1) is 17.6 Å². The molecule has 1 aliphatic heterocycles. The highest BCUT2D eigenvalue weighted by Crippen LogP contribution is 2.34. The SMILES string of the molecule is C[C@@H]1C(=O)NC[C@H]1c1c(F)cc(N(C)C)cc1F. The summed E-state index contributed by atoms with van der Waals surface area (Å²) in [6, 6.07) is 2.60. The average Bonchev–Trinajstić information content (AvgIpc) is 2.60. The van der Waals surface area contributed by atoms with Gasteiger partial charge in [0.1, 0.15) is 11.6 Å². The van der Waals surface area contributed by atoms with Crippen molar-refractivity contribution in [3.8, 4) is 0 Å². The normalized spacial score (nSPS) is 23.1. The molecule has 1 aromatic rings. The minimum absolute atomic E-state index is 0.00597. The van der Waals surface area contributed by atoms with Crippen molar-refractivity contribution in [3.05, 3.63) is 29.3 Å². The van der Waals surface area contributed by atoms with E-state index in [1.807, 2.05) is 0 Å². The molecule has 1 heterocycles. The molecule has 1 N–H and O–H groups in total. The number of rotatable bonds is 2. The molecule has 0 radical (unpaired) electrons. The van der Waals surface area contributed by atoms with Crippen LogP contribution in [0.25, 0.3) is 0 Å². The zero-order valence-electron chi connectivity index (χ0n) is 10.6. The van der Waals surface area contributed by atoms with E-state index in [1.54, 1.807) is 25.9 Å². The lowest BCUT2D eigenvalue weighted by Crippen LogP contribution is -2.17. The van der Waals surface area contributed by atoms with Crippen LogP contribution in [0.2, 0.25) is 0 Å². The number of carbonyl (C=O) groups excluding carboxylic acids is 1. The predicted octanol–water partition coefficient (Wildman–Crippen LogP) is 1.88. The van der Waals surface area contributed by atoms with Crippen molar-refractivity contribution in [2.45, 2.75) is 12.8 Å². The minimum Gasteiger partial charge on any atom is -0.377 e. The summed E-state index contributed by atoms with van der Waals surface area (Å²) >= 11 is 0. The van der Waals surface area contributed by atoms with Crippen LogP contribution in [0.5, 0.6) is 0 Å². The van der Waals surface area contributed by atoms with Crippen LogP contribution >= 0.6 is 0 Å². The van der Waals surface area contributed by atoms with Crippen LogP contribution in [-0.4, -0.2) is 26.5 Å². The molecule has 0 aliphatic carbocycles. The summed E-state index contributed by atoms with van der Waals surface area (Å²) in [7, 11) is 3.44. The molecule has 0 bridgehead atoms. The summed E-state index contributed by atoms with van der Waals surface area (Å²) < 4.78 is 28.0. The first-order valence-corrected chi connectivity index (χ1v) is 5.85. The van der Waals surface area contributed by atoms with Gasteiger partial charge in [-0.15, -0.1) is 0 Å². The number of nitrogens with zero attached hydrogens (tertiary/aromatic N) is 1. The number of benzene rings is 1. The Hall–Kier alpha value is -1.65. The lowest BCUT2D eigenvalue weighted by Gasteiger charge is -2.18. The van der Waals surface area contributed by atoms with Crippen molar-refractivity contribution in [2.24, 2.45) is 5.92 Å². The number of halogens is 2. The van der Waals surface area contributed by atoms with Crippen molar-refractivity contribution in [1.29, 1.82) is 0 Å². The first kappa shape index (κ1) is 12.8. The lowest BCUT2D eigenvalue weighted by molar-refractivity contribution is -0.122. The number of carbonyl (C=O) groups is 1. The summed E-state index contributed by atoms with van der Waals surface area (Å²) in [5.41, 5.74) is 0.477. The first-order chi connectivity index (χ1) is 8.41. The highest BCUT2D eigenvalue weighted by atomic mass is 19.1. The molecule has 18 heavy (non-hydrogen) atoms. The number of amides is 1. The Labute approximate surface area is 105 Å². The van der Waals surface area contributed by atoms with Crippen LogP contribution in [-0.2, 0) is 4.79 Å². The standard InChI is InChI=1S/C13H16F2N2O/c1-7-9(6-16-13(7)18)12-10(14)4-8(17(2)3)5-11(12)15/h4-5,7,9H,6H2,1-3H3,(H,16,18)/t7-,9+/m0/s1. The summed E-state index contributed by atoms with van der Waals surface area (Å²) in [5.74, 6) is -2.18. The molecule has 0 saturated carbocycles. The number of nitrogens with one attached hydrogen (secondary N) is 1. The van der Waals surface area contributed by atoms with Crippen molar-refractivity contribution < 1.29 is 13.6 Å². The molecule has 1 saturated heterocycles. The van der Waals surface area contributed by atoms with Gasteiger partial charge in [-0.05, 0) is 12.1 Å². The molecular weight excluding hydrogens is 238 g/mol. The fourth-order valence-corrected chi connectivity index (χ4v) is 2.27. The second-order valence-corrected chi connectivity index (χ2v) is 4.86. The molecule has 1 fully saturated rings. The van der Waals surface area contributed by atoms with E-state index in [4.69, 9.17) is 0 Å². The number of hydrogen-bond donors (Lipinski definition) is 1. The fraction of sp³-hybridized carbons (Fsp3) is 0.462. The van der Waals surface area contributed by atoms with Gasteiger partial charge in [-0.1, -0.05) is 6.92 Å². The molecular formula is C13H16F2N2O. The molecule has 0 unspecified atom stereocenters. The highest BCUT2D eigenvalue weighted by molar-refractivity contribution is 5.82.